The van der Waals surface area contributed by atoms with Crippen molar-refractivity contribution in [2.45, 2.75) is 65.2 Å². The van der Waals surface area contributed by atoms with E-state index in [0.29, 0.717) is 24.0 Å². The Labute approximate surface area is 183 Å². The van der Waals surface area contributed by atoms with Crippen LogP contribution in [0, 0.1) is 5.92 Å². The molecule has 1 aromatic rings. The van der Waals surface area contributed by atoms with Gasteiger partial charge in [-0.05, 0) is 32.6 Å². The molecular weight excluding hydrogens is 374 g/mol. The molecule has 2 unspecified atom stereocenters. The standard InChI is InChI=1S/C23H41N7/c1-18(2)14-26(5)29-10-8-27(9-11-29)15-20-12-24-23(25-13-20)30-21-6-7-22(30)17-28(16-21)19(3)4/h12-13,18-19,21-22H,6-11,14-17H2,1-5H3. The lowest BCUT2D eigenvalue weighted by atomic mass is 10.1. The number of nitrogens with zero attached hydrogens (tertiary/aromatic N) is 7. The lowest BCUT2D eigenvalue weighted by molar-refractivity contribution is -0.0460. The van der Waals surface area contributed by atoms with Crippen LogP contribution >= 0.6 is 0 Å². The van der Waals surface area contributed by atoms with Crippen molar-refractivity contribution >= 4 is 5.95 Å². The highest BCUT2D eigenvalue weighted by Gasteiger charge is 2.41. The summed E-state index contributed by atoms with van der Waals surface area (Å²) in [5.74, 6) is 1.64. The molecule has 168 valence electrons. The molecule has 0 radical (unpaired) electrons. The summed E-state index contributed by atoms with van der Waals surface area (Å²) >= 11 is 0. The Morgan fingerprint density at radius 2 is 1.57 bits per heavy atom. The van der Waals surface area contributed by atoms with E-state index in [0.717, 1.165) is 58.3 Å². The molecule has 0 aromatic carbocycles. The van der Waals surface area contributed by atoms with Gasteiger partial charge in [-0.3, -0.25) is 9.80 Å². The molecule has 30 heavy (non-hydrogen) atoms. The van der Waals surface area contributed by atoms with E-state index < -0.39 is 0 Å². The normalized spacial score (nSPS) is 26.5. The molecule has 0 saturated carbocycles. The smallest absolute Gasteiger partial charge is 0.225 e. The maximum atomic E-state index is 4.81. The molecule has 7 heteroatoms. The predicted molar refractivity (Wildman–Crippen MR) is 122 cm³/mol. The van der Waals surface area contributed by atoms with Gasteiger partial charge in [-0.25, -0.2) is 20.0 Å². The Morgan fingerprint density at radius 1 is 0.967 bits per heavy atom. The molecule has 3 aliphatic heterocycles. The fraction of sp³-hybridized carbons (Fsp3) is 0.826. The van der Waals surface area contributed by atoms with Crippen LogP contribution < -0.4 is 4.90 Å². The first kappa shape index (κ1) is 21.9. The zero-order valence-corrected chi connectivity index (χ0v) is 19.7. The second kappa shape index (κ2) is 9.47. The van der Waals surface area contributed by atoms with E-state index in [1.165, 1.54) is 18.4 Å². The van der Waals surface area contributed by atoms with E-state index in [9.17, 15) is 0 Å². The summed E-state index contributed by atoms with van der Waals surface area (Å²) < 4.78 is 0. The minimum atomic E-state index is 0.577. The topological polar surface area (TPSA) is 42.0 Å². The number of hydrogen-bond acceptors (Lipinski definition) is 7. The van der Waals surface area contributed by atoms with Crippen molar-refractivity contribution in [3.8, 4) is 0 Å². The first-order valence-corrected chi connectivity index (χ1v) is 11.9. The van der Waals surface area contributed by atoms with Gasteiger partial charge in [0.05, 0.1) is 0 Å². The first-order chi connectivity index (χ1) is 14.4. The zero-order valence-electron chi connectivity index (χ0n) is 19.7. The molecule has 0 spiro atoms. The summed E-state index contributed by atoms with van der Waals surface area (Å²) in [6.45, 7) is 18.0. The SMILES string of the molecule is CC(C)CN(C)N1CCN(Cc2cnc(N3C4CCC3CN(C(C)C)C4)nc2)CC1. The van der Waals surface area contributed by atoms with Crippen LogP contribution in [0.2, 0.25) is 0 Å². The number of piperazine rings is 2. The van der Waals surface area contributed by atoms with Crippen LogP contribution in [0.4, 0.5) is 5.95 Å². The quantitative estimate of drug-likeness (QED) is 0.676. The van der Waals surface area contributed by atoms with Gasteiger partial charge in [-0.15, -0.1) is 0 Å². The summed E-state index contributed by atoms with van der Waals surface area (Å²) in [6.07, 6.45) is 6.67. The van der Waals surface area contributed by atoms with E-state index >= 15 is 0 Å². The molecule has 0 N–H and O–H groups in total. The monoisotopic (exact) mass is 415 g/mol. The largest absolute Gasteiger partial charge is 0.332 e. The van der Waals surface area contributed by atoms with Gasteiger partial charge >= 0.3 is 0 Å². The number of hydrogen-bond donors (Lipinski definition) is 0. The Morgan fingerprint density at radius 3 is 2.10 bits per heavy atom. The molecule has 3 saturated heterocycles. The van der Waals surface area contributed by atoms with Crippen LogP contribution in [0.25, 0.3) is 0 Å². The Bertz CT molecular complexity index is 655. The third-order valence-corrected chi connectivity index (χ3v) is 7.03. The minimum Gasteiger partial charge on any atom is -0.332 e. The number of hydrazine groups is 1. The van der Waals surface area contributed by atoms with Gasteiger partial charge in [-0.1, -0.05) is 13.8 Å². The van der Waals surface area contributed by atoms with Crippen molar-refractivity contribution in [1.82, 2.24) is 29.8 Å². The Balaban J connectivity index is 1.29. The molecule has 2 bridgehead atoms. The van der Waals surface area contributed by atoms with Crippen LogP contribution in [0.5, 0.6) is 0 Å². The molecule has 0 amide bonds. The zero-order chi connectivity index (χ0) is 21.3. The van der Waals surface area contributed by atoms with Gasteiger partial charge in [0.1, 0.15) is 0 Å². The fourth-order valence-electron chi connectivity index (χ4n) is 5.39. The Hall–Kier alpha value is -1.28. The number of anilines is 1. The van der Waals surface area contributed by atoms with E-state index in [1.54, 1.807) is 0 Å². The molecular formula is C23H41N7. The summed E-state index contributed by atoms with van der Waals surface area (Å²) in [4.78, 5) is 17.3. The maximum absolute atomic E-state index is 4.81. The maximum Gasteiger partial charge on any atom is 0.225 e. The van der Waals surface area contributed by atoms with Crippen LogP contribution in [-0.2, 0) is 6.54 Å². The van der Waals surface area contributed by atoms with E-state index in [2.05, 4.69) is 71.9 Å². The van der Waals surface area contributed by atoms with Gasteiger partial charge in [0.15, 0.2) is 0 Å². The highest BCUT2D eigenvalue weighted by atomic mass is 15.6. The van der Waals surface area contributed by atoms with Crippen LogP contribution in [0.3, 0.4) is 0 Å². The first-order valence-electron chi connectivity index (χ1n) is 11.9. The molecule has 1 aromatic heterocycles. The van der Waals surface area contributed by atoms with Gasteiger partial charge < -0.3 is 4.90 Å². The number of fused-ring (bicyclic) bond motifs is 2. The molecule has 7 nitrogen and oxygen atoms in total. The van der Waals surface area contributed by atoms with Crippen molar-refractivity contribution in [2.75, 3.05) is 57.8 Å². The van der Waals surface area contributed by atoms with Gasteiger partial charge in [0.25, 0.3) is 0 Å². The third-order valence-electron chi connectivity index (χ3n) is 7.03. The second-order valence-corrected chi connectivity index (χ2v) is 10.2. The Kier molecular flexibility index (Phi) is 6.92. The van der Waals surface area contributed by atoms with Gasteiger partial charge in [0.2, 0.25) is 5.95 Å². The van der Waals surface area contributed by atoms with E-state index in [4.69, 9.17) is 9.97 Å². The van der Waals surface area contributed by atoms with Crippen molar-refractivity contribution in [3.05, 3.63) is 18.0 Å². The lowest BCUT2D eigenvalue weighted by Gasteiger charge is -2.42. The van der Waals surface area contributed by atoms with Crippen LogP contribution in [0.1, 0.15) is 46.1 Å². The summed E-state index contributed by atoms with van der Waals surface area (Å²) in [6, 6.07) is 1.78. The molecule has 3 fully saturated rings. The van der Waals surface area contributed by atoms with Crippen molar-refractivity contribution in [1.29, 1.82) is 0 Å². The van der Waals surface area contributed by atoms with Gasteiger partial charge in [-0.2, -0.15) is 0 Å². The molecule has 2 atom stereocenters. The second-order valence-electron chi connectivity index (χ2n) is 10.2. The highest BCUT2D eigenvalue weighted by Crippen LogP contribution is 2.33. The fourth-order valence-corrected chi connectivity index (χ4v) is 5.39. The predicted octanol–water partition coefficient (Wildman–Crippen LogP) is 2.16. The number of aromatic nitrogens is 2. The van der Waals surface area contributed by atoms with E-state index in [1.807, 2.05) is 0 Å². The van der Waals surface area contributed by atoms with Crippen LogP contribution in [-0.4, -0.2) is 101 Å². The van der Waals surface area contributed by atoms with Crippen LogP contribution in [0.15, 0.2) is 12.4 Å². The average molecular weight is 416 g/mol. The molecule has 0 aliphatic carbocycles. The molecule has 4 heterocycles. The van der Waals surface area contributed by atoms with Crippen molar-refractivity contribution < 1.29 is 0 Å². The summed E-state index contributed by atoms with van der Waals surface area (Å²) in [5.41, 5.74) is 1.23. The van der Waals surface area contributed by atoms with E-state index in [-0.39, 0.29) is 0 Å². The van der Waals surface area contributed by atoms with Crippen molar-refractivity contribution in [3.63, 3.8) is 0 Å². The molecule has 4 rings (SSSR count). The summed E-state index contributed by atoms with van der Waals surface area (Å²) in [7, 11) is 2.22. The average Bonchev–Trinajstić information content (AvgIpc) is 2.97. The molecule has 3 aliphatic rings. The number of rotatable bonds is 7. The summed E-state index contributed by atoms with van der Waals surface area (Å²) in [5, 5.41) is 4.88. The highest BCUT2D eigenvalue weighted by molar-refractivity contribution is 5.37. The number of likely N-dealkylation sites (tertiary alicyclic amines) is 1. The van der Waals surface area contributed by atoms with Gasteiger partial charge in [0, 0.05) is 95.5 Å². The minimum absolute atomic E-state index is 0.577. The third kappa shape index (κ3) is 4.96. The van der Waals surface area contributed by atoms with Crippen molar-refractivity contribution in [2.24, 2.45) is 5.92 Å². The lowest BCUT2D eigenvalue weighted by Crippen LogP contribution is -2.56.